The van der Waals surface area contributed by atoms with E-state index < -0.39 is 0 Å². The van der Waals surface area contributed by atoms with Crippen LogP contribution in [0.5, 0.6) is 11.5 Å². The number of hydrogen-bond acceptors (Lipinski definition) is 2. The van der Waals surface area contributed by atoms with Gasteiger partial charge in [0.1, 0.15) is 12.4 Å². The normalized spacial score (nSPS) is 10.6. The van der Waals surface area contributed by atoms with Crippen molar-refractivity contribution in [2.24, 2.45) is 0 Å². The summed E-state index contributed by atoms with van der Waals surface area (Å²) in [6, 6.07) is 17.1. The van der Waals surface area contributed by atoms with Gasteiger partial charge in [-0.25, -0.2) is 4.39 Å². The first-order chi connectivity index (χ1) is 11.7. The third kappa shape index (κ3) is 3.25. The number of rotatable bonds is 6. The maximum atomic E-state index is 14.5. The van der Waals surface area contributed by atoms with Crippen LogP contribution in [0.1, 0.15) is 6.92 Å². The summed E-state index contributed by atoms with van der Waals surface area (Å²) < 4.78 is 25.3. The standard InChI is InChI=1S/C21H19FO2/c1-3-13-24-20-12-8-17-14-16(7-11-19(17)21(20)22)15-5-9-18(10-6-15)23-4-2/h3,5-12,14H,1,4,13H2,2H3. The molecule has 0 fully saturated rings. The van der Waals surface area contributed by atoms with Crippen LogP contribution in [0.3, 0.4) is 0 Å². The molecule has 0 aliphatic carbocycles. The second-order valence-electron chi connectivity index (χ2n) is 5.37. The molecule has 0 heterocycles. The average molecular weight is 322 g/mol. The number of fused-ring (bicyclic) bond motifs is 1. The lowest BCUT2D eigenvalue weighted by molar-refractivity contribution is 0.340. The summed E-state index contributed by atoms with van der Waals surface area (Å²) in [5, 5.41) is 1.39. The van der Waals surface area contributed by atoms with Crippen molar-refractivity contribution in [2.45, 2.75) is 6.92 Å². The van der Waals surface area contributed by atoms with E-state index in [1.54, 1.807) is 18.2 Å². The SMILES string of the molecule is C=CCOc1ccc2cc(-c3ccc(OCC)cc3)ccc2c1F. The molecule has 0 aliphatic rings. The van der Waals surface area contributed by atoms with Gasteiger partial charge in [-0.3, -0.25) is 0 Å². The quantitative estimate of drug-likeness (QED) is 0.549. The van der Waals surface area contributed by atoms with Gasteiger partial charge in [0.2, 0.25) is 0 Å². The molecule has 2 nitrogen and oxygen atoms in total. The van der Waals surface area contributed by atoms with Crippen molar-refractivity contribution in [1.29, 1.82) is 0 Å². The van der Waals surface area contributed by atoms with E-state index in [0.29, 0.717) is 12.0 Å². The molecule has 0 saturated heterocycles. The average Bonchev–Trinajstić information content (AvgIpc) is 2.62. The number of halogens is 1. The van der Waals surface area contributed by atoms with Crippen LogP contribution in [0.2, 0.25) is 0 Å². The van der Waals surface area contributed by atoms with Crippen LogP contribution in [-0.2, 0) is 0 Å². The van der Waals surface area contributed by atoms with Crippen molar-refractivity contribution in [3.8, 4) is 22.6 Å². The van der Waals surface area contributed by atoms with Crippen LogP contribution in [0.4, 0.5) is 4.39 Å². The van der Waals surface area contributed by atoms with Crippen molar-refractivity contribution in [1.82, 2.24) is 0 Å². The Morgan fingerprint density at radius 2 is 1.71 bits per heavy atom. The van der Waals surface area contributed by atoms with Gasteiger partial charge in [0.05, 0.1) is 6.61 Å². The summed E-state index contributed by atoms with van der Waals surface area (Å²) in [6.07, 6.45) is 1.60. The van der Waals surface area contributed by atoms with Gasteiger partial charge in [-0.15, -0.1) is 0 Å². The smallest absolute Gasteiger partial charge is 0.172 e. The van der Waals surface area contributed by atoms with Crippen LogP contribution in [-0.4, -0.2) is 13.2 Å². The highest BCUT2D eigenvalue weighted by Gasteiger charge is 2.09. The fourth-order valence-electron chi connectivity index (χ4n) is 2.62. The van der Waals surface area contributed by atoms with Gasteiger partial charge in [-0.1, -0.05) is 43.0 Å². The van der Waals surface area contributed by atoms with Gasteiger partial charge in [0.25, 0.3) is 0 Å². The Kier molecular flexibility index (Phi) is 4.80. The highest BCUT2D eigenvalue weighted by Crippen LogP contribution is 2.31. The number of ether oxygens (including phenoxy) is 2. The predicted molar refractivity (Wildman–Crippen MR) is 96.2 cm³/mol. The highest BCUT2D eigenvalue weighted by atomic mass is 19.1. The molecule has 0 N–H and O–H groups in total. The van der Waals surface area contributed by atoms with E-state index in [2.05, 4.69) is 6.58 Å². The Morgan fingerprint density at radius 3 is 2.42 bits per heavy atom. The molecule has 0 aliphatic heterocycles. The molecule has 3 rings (SSSR count). The molecular formula is C21H19FO2. The lowest BCUT2D eigenvalue weighted by atomic mass is 10.0. The Hall–Kier alpha value is -2.81. The summed E-state index contributed by atoms with van der Waals surface area (Å²) in [4.78, 5) is 0. The molecule has 0 unspecified atom stereocenters. The van der Waals surface area contributed by atoms with Gasteiger partial charge >= 0.3 is 0 Å². The first kappa shape index (κ1) is 16.1. The third-order valence-electron chi connectivity index (χ3n) is 3.77. The van der Waals surface area contributed by atoms with Crippen molar-refractivity contribution in [2.75, 3.05) is 13.2 Å². The lowest BCUT2D eigenvalue weighted by Gasteiger charge is -2.09. The largest absolute Gasteiger partial charge is 0.494 e. The predicted octanol–water partition coefficient (Wildman–Crippen LogP) is 5.61. The number of hydrogen-bond donors (Lipinski definition) is 0. The zero-order valence-electron chi connectivity index (χ0n) is 13.6. The summed E-state index contributed by atoms with van der Waals surface area (Å²) in [5.41, 5.74) is 2.09. The molecule has 3 aromatic rings. The minimum atomic E-state index is -0.340. The van der Waals surface area contributed by atoms with E-state index in [4.69, 9.17) is 9.47 Å². The van der Waals surface area contributed by atoms with Crippen LogP contribution >= 0.6 is 0 Å². The fraction of sp³-hybridized carbons (Fsp3) is 0.143. The van der Waals surface area contributed by atoms with Gasteiger partial charge in [-0.05, 0) is 47.7 Å². The van der Waals surface area contributed by atoms with Gasteiger partial charge in [0.15, 0.2) is 11.6 Å². The lowest BCUT2D eigenvalue weighted by Crippen LogP contribution is -1.96. The molecule has 0 atom stereocenters. The van der Waals surface area contributed by atoms with E-state index >= 15 is 0 Å². The van der Waals surface area contributed by atoms with Crippen LogP contribution in [0.25, 0.3) is 21.9 Å². The zero-order chi connectivity index (χ0) is 16.9. The number of benzene rings is 3. The van der Waals surface area contributed by atoms with Crippen LogP contribution < -0.4 is 9.47 Å². The molecule has 122 valence electrons. The first-order valence-corrected chi connectivity index (χ1v) is 7.92. The molecule has 0 amide bonds. The van der Waals surface area contributed by atoms with Crippen molar-refractivity contribution in [3.05, 3.63) is 73.1 Å². The molecule has 0 saturated carbocycles. The Bertz CT molecular complexity index is 854. The molecule has 0 aromatic heterocycles. The van der Waals surface area contributed by atoms with E-state index in [9.17, 15) is 4.39 Å². The minimum Gasteiger partial charge on any atom is -0.494 e. The molecule has 3 heteroatoms. The van der Waals surface area contributed by atoms with Gasteiger partial charge in [0, 0.05) is 5.39 Å². The van der Waals surface area contributed by atoms with E-state index in [-0.39, 0.29) is 18.2 Å². The molecule has 24 heavy (non-hydrogen) atoms. The van der Waals surface area contributed by atoms with Crippen LogP contribution in [0, 0.1) is 5.82 Å². The monoisotopic (exact) mass is 322 g/mol. The second-order valence-corrected chi connectivity index (χ2v) is 5.37. The fourth-order valence-corrected chi connectivity index (χ4v) is 2.62. The van der Waals surface area contributed by atoms with Crippen molar-refractivity contribution < 1.29 is 13.9 Å². The summed E-state index contributed by atoms with van der Waals surface area (Å²) in [6.45, 7) is 6.46. The van der Waals surface area contributed by atoms with E-state index in [0.717, 1.165) is 22.3 Å². The van der Waals surface area contributed by atoms with E-state index in [1.807, 2.05) is 49.4 Å². The molecule has 3 aromatic carbocycles. The maximum Gasteiger partial charge on any atom is 0.172 e. The third-order valence-corrected chi connectivity index (χ3v) is 3.77. The summed E-state index contributed by atoms with van der Waals surface area (Å²) in [5.74, 6) is 0.751. The summed E-state index contributed by atoms with van der Waals surface area (Å²) in [7, 11) is 0. The van der Waals surface area contributed by atoms with Crippen molar-refractivity contribution >= 4 is 10.8 Å². The van der Waals surface area contributed by atoms with Crippen LogP contribution in [0.15, 0.2) is 67.3 Å². The minimum absolute atomic E-state index is 0.246. The zero-order valence-corrected chi connectivity index (χ0v) is 13.6. The van der Waals surface area contributed by atoms with E-state index in [1.165, 1.54) is 0 Å². The molecule has 0 bridgehead atoms. The Labute approximate surface area is 141 Å². The molecule has 0 spiro atoms. The van der Waals surface area contributed by atoms with Gasteiger partial charge < -0.3 is 9.47 Å². The maximum absolute atomic E-state index is 14.5. The Balaban J connectivity index is 1.95. The molecular weight excluding hydrogens is 303 g/mol. The molecule has 0 radical (unpaired) electrons. The topological polar surface area (TPSA) is 18.5 Å². The second kappa shape index (κ2) is 7.18. The summed E-state index contributed by atoms with van der Waals surface area (Å²) >= 11 is 0. The van der Waals surface area contributed by atoms with Gasteiger partial charge in [-0.2, -0.15) is 0 Å². The van der Waals surface area contributed by atoms with Crippen molar-refractivity contribution in [3.63, 3.8) is 0 Å². The highest BCUT2D eigenvalue weighted by molar-refractivity contribution is 5.89. The Morgan fingerprint density at radius 1 is 0.958 bits per heavy atom. The first-order valence-electron chi connectivity index (χ1n) is 7.92.